The van der Waals surface area contributed by atoms with Gasteiger partial charge in [0.1, 0.15) is 4.90 Å². The zero-order chi connectivity index (χ0) is 15.8. The van der Waals surface area contributed by atoms with E-state index in [0.29, 0.717) is 23.0 Å². The molecule has 0 radical (unpaired) electrons. The first-order chi connectivity index (χ1) is 9.80. The summed E-state index contributed by atoms with van der Waals surface area (Å²) in [6.07, 6.45) is 2.17. The molecule has 4 nitrogen and oxygen atoms in total. The Morgan fingerprint density at radius 2 is 2.00 bits per heavy atom. The molecule has 0 heterocycles. The van der Waals surface area contributed by atoms with Crippen LogP contribution in [0, 0.1) is 5.92 Å². The molecular formula is C14H20Cl2N2O2S. The summed E-state index contributed by atoms with van der Waals surface area (Å²) in [5.74, 6) is 0.452. The Morgan fingerprint density at radius 1 is 1.38 bits per heavy atom. The summed E-state index contributed by atoms with van der Waals surface area (Å²) in [5, 5.41) is 3.61. The van der Waals surface area contributed by atoms with E-state index >= 15 is 0 Å². The van der Waals surface area contributed by atoms with Gasteiger partial charge in [-0.3, -0.25) is 0 Å². The van der Waals surface area contributed by atoms with E-state index in [0.717, 1.165) is 12.8 Å². The summed E-state index contributed by atoms with van der Waals surface area (Å²) in [4.78, 5) is 0.119. The van der Waals surface area contributed by atoms with Crippen LogP contribution in [0.1, 0.15) is 25.3 Å². The fraction of sp³-hybridized carbons (Fsp3) is 0.571. The lowest BCUT2D eigenvalue weighted by Gasteiger charge is -2.25. The van der Waals surface area contributed by atoms with Crippen molar-refractivity contribution in [2.45, 2.75) is 37.2 Å². The predicted molar refractivity (Wildman–Crippen MR) is 86.4 cm³/mol. The molecular weight excluding hydrogens is 331 g/mol. The van der Waals surface area contributed by atoms with Crippen LogP contribution in [0.15, 0.2) is 17.0 Å². The van der Waals surface area contributed by atoms with Crippen LogP contribution in [0.5, 0.6) is 0 Å². The van der Waals surface area contributed by atoms with Gasteiger partial charge in [0.2, 0.25) is 10.0 Å². The number of halogens is 2. The van der Waals surface area contributed by atoms with Crippen LogP contribution in [0.25, 0.3) is 0 Å². The summed E-state index contributed by atoms with van der Waals surface area (Å²) >= 11 is 12.4. The zero-order valence-electron chi connectivity index (χ0n) is 12.4. The molecule has 7 heteroatoms. The van der Waals surface area contributed by atoms with Gasteiger partial charge < -0.3 is 5.32 Å². The highest BCUT2D eigenvalue weighted by Gasteiger charge is 2.37. The van der Waals surface area contributed by atoms with Crippen molar-refractivity contribution < 1.29 is 8.42 Å². The monoisotopic (exact) mass is 350 g/mol. The predicted octanol–water partition coefficient (Wildman–Crippen LogP) is 3.13. The lowest BCUT2D eigenvalue weighted by atomic mass is 10.2. The lowest BCUT2D eigenvalue weighted by Crippen LogP contribution is -2.36. The SMILES string of the molecule is CNCc1c(Cl)ccc(S(=O)(=O)N(C)C(C)C2CC2)c1Cl. The fourth-order valence-electron chi connectivity index (χ4n) is 2.36. The number of hydrogen-bond acceptors (Lipinski definition) is 3. The minimum atomic E-state index is -3.62. The van der Waals surface area contributed by atoms with E-state index in [1.54, 1.807) is 20.2 Å². The van der Waals surface area contributed by atoms with Crippen molar-refractivity contribution in [1.82, 2.24) is 9.62 Å². The third-order valence-electron chi connectivity index (χ3n) is 4.04. The molecule has 1 aliphatic rings. The van der Waals surface area contributed by atoms with Gasteiger partial charge in [0, 0.05) is 30.2 Å². The molecule has 1 aromatic carbocycles. The molecule has 0 aliphatic heterocycles. The summed E-state index contributed by atoms with van der Waals surface area (Å²) in [7, 11) is -0.245. The maximum atomic E-state index is 12.8. The van der Waals surface area contributed by atoms with Crippen molar-refractivity contribution in [3.63, 3.8) is 0 Å². The number of benzene rings is 1. The van der Waals surface area contributed by atoms with Gasteiger partial charge in [0.05, 0.1) is 5.02 Å². The summed E-state index contributed by atoms with van der Waals surface area (Å²) in [5.41, 5.74) is 0.606. The van der Waals surface area contributed by atoms with E-state index in [1.165, 1.54) is 10.4 Å². The van der Waals surface area contributed by atoms with Gasteiger partial charge in [-0.1, -0.05) is 23.2 Å². The van der Waals surface area contributed by atoms with E-state index in [2.05, 4.69) is 5.32 Å². The van der Waals surface area contributed by atoms with Gasteiger partial charge in [-0.15, -0.1) is 0 Å². The Bertz CT molecular complexity index is 630. The molecule has 1 aromatic rings. The maximum absolute atomic E-state index is 12.8. The minimum absolute atomic E-state index is 0.0190. The van der Waals surface area contributed by atoms with Crippen LogP contribution in [0.4, 0.5) is 0 Å². The Balaban J connectivity index is 2.42. The normalized spacial score (nSPS) is 17.2. The van der Waals surface area contributed by atoms with Crippen molar-refractivity contribution in [3.8, 4) is 0 Å². The molecule has 21 heavy (non-hydrogen) atoms. The quantitative estimate of drug-likeness (QED) is 0.857. The van der Waals surface area contributed by atoms with E-state index in [9.17, 15) is 8.42 Å². The Hall–Kier alpha value is -0.330. The van der Waals surface area contributed by atoms with Crippen molar-refractivity contribution in [3.05, 3.63) is 27.7 Å². The number of hydrogen-bond donors (Lipinski definition) is 1. The van der Waals surface area contributed by atoms with Crippen LogP contribution in [-0.2, 0) is 16.6 Å². The summed E-state index contributed by atoms with van der Waals surface area (Å²) in [6, 6.07) is 3.05. The second kappa shape index (κ2) is 6.42. The summed E-state index contributed by atoms with van der Waals surface area (Å²) in [6.45, 7) is 2.36. The van der Waals surface area contributed by atoms with E-state index in [-0.39, 0.29) is 16.0 Å². The first-order valence-corrected chi connectivity index (χ1v) is 9.09. The molecule has 0 spiro atoms. The van der Waals surface area contributed by atoms with Crippen LogP contribution >= 0.6 is 23.2 Å². The fourth-order valence-corrected chi connectivity index (χ4v) is 4.67. The second-order valence-electron chi connectivity index (χ2n) is 5.47. The van der Waals surface area contributed by atoms with Gasteiger partial charge in [-0.05, 0) is 44.9 Å². The van der Waals surface area contributed by atoms with Gasteiger partial charge in [-0.25, -0.2) is 8.42 Å². The first-order valence-electron chi connectivity index (χ1n) is 6.90. The Labute approximate surface area is 136 Å². The third kappa shape index (κ3) is 3.37. The smallest absolute Gasteiger partial charge is 0.244 e. The van der Waals surface area contributed by atoms with E-state index in [1.807, 2.05) is 6.92 Å². The van der Waals surface area contributed by atoms with Crippen LogP contribution in [0.2, 0.25) is 10.0 Å². The molecule has 1 aliphatic carbocycles. The number of nitrogens with one attached hydrogen (secondary N) is 1. The summed E-state index contributed by atoms with van der Waals surface area (Å²) < 4.78 is 27.0. The van der Waals surface area contributed by atoms with Crippen molar-refractivity contribution >= 4 is 33.2 Å². The average molecular weight is 351 g/mol. The largest absolute Gasteiger partial charge is 0.316 e. The Morgan fingerprint density at radius 3 is 2.52 bits per heavy atom. The lowest BCUT2D eigenvalue weighted by molar-refractivity contribution is 0.357. The molecule has 1 saturated carbocycles. The van der Waals surface area contributed by atoms with E-state index in [4.69, 9.17) is 23.2 Å². The third-order valence-corrected chi connectivity index (χ3v) is 6.92. The van der Waals surface area contributed by atoms with Crippen molar-refractivity contribution in [2.75, 3.05) is 14.1 Å². The minimum Gasteiger partial charge on any atom is -0.316 e. The van der Waals surface area contributed by atoms with Crippen molar-refractivity contribution in [1.29, 1.82) is 0 Å². The zero-order valence-corrected chi connectivity index (χ0v) is 14.7. The molecule has 0 aromatic heterocycles. The molecule has 118 valence electrons. The van der Waals surface area contributed by atoms with Gasteiger partial charge in [0.25, 0.3) is 0 Å². The van der Waals surface area contributed by atoms with Crippen molar-refractivity contribution in [2.24, 2.45) is 5.92 Å². The molecule has 0 saturated heterocycles. The highest BCUT2D eigenvalue weighted by molar-refractivity contribution is 7.89. The van der Waals surface area contributed by atoms with Gasteiger partial charge in [0.15, 0.2) is 0 Å². The number of nitrogens with zero attached hydrogens (tertiary/aromatic N) is 1. The average Bonchev–Trinajstić information content (AvgIpc) is 3.25. The highest BCUT2D eigenvalue weighted by Crippen LogP contribution is 2.38. The van der Waals surface area contributed by atoms with Crippen LogP contribution < -0.4 is 5.32 Å². The van der Waals surface area contributed by atoms with Crippen LogP contribution in [-0.4, -0.2) is 32.9 Å². The molecule has 0 amide bonds. The van der Waals surface area contributed by atoms with E-state index < -0.39 is 10.0 Å². The molecule has 0 bridgehead atoms. The highest BCUT2D eigenvalue weighted by atomic mass is 35.5. The standard InChI is InChI=1S/C14H20Cl2N2O2S/c1-9(10-4-5-10)18(3)21(19,20)13-7-6-12(15)11(8-17-2)14(13)16/h6-7,9-10,17H,4-5,8H2,1-3H3. The molecule has 1 fully saturated rings. The number of rotatable bonds is 6. The topological polar surface area (TPSA) is 49.4 Å². The maximum Gasteiger partial charge on any atom is 0.244 e. The number of sulfonamides is 1. The first kappa shape index (κ1) is 17.0. The Kier molecular flexibility index (Phi) is 5.21. The second-order valence-corrected chi connectivity index (χ2v) is 8.22. The van der Waals surface area contributed by atoms with Gasteiger partial charge in [-0.2, -0.15) is 4.31 Å². The molecule has 1 N–H and O–H groups in total. The molecule has 1 atom stereocenters. The van der Waals surface area contributed by atoms with Gasteiger partial charge >= 0.3 is 0 Å². The molecule has 1 unspecified atom stereocenters. The molecule has 2 rings (SSSR count). The van der Waals surface area contributed by atoms with Crippen LogP contribution in [0.3, 0.4) is 0 Å².